The van der Waals surface area contributed by atoms with Gasteiger partial charge in [-0.25, -0.2) is 4.79 Å². The third-order valence-corrected chi connectivity index (χ3v) is 2.17. The van der Waals surface area contributed by atoms with Crippen molar-refractivity contribution in [2.75, 3.05) is 13.7 Å². The molecular weight excluding hydrogens is 180 g/mol. The molecule has 0 unspecified atom stereocenters. The summed E-state index contributed by atoms with van der Waals surface area (Å²) in [5, 5.41) is 9.02. The van der Waals surface area contributed by atoms with E-state index in [1.807, 2.05) is 19.1 Å². The first kappa shape index (κ1) is 10.7. The maximum Gasteiger partial charge on any atom is 0.338 e. The van der Waals surface area contributed by atoms with Gasteiger partial charge in [0.1, 0.15) is 0 Å². The second-order valence-corrected chi connectivity index (χ2v) is 3.16. The Balaban J connectivity index is 3.09. The van der Waals surface area contributed by atoms with Crippen LogP contribution in [0.1, 0.15) is 28.8 Å². The number of hydrogen-bond acceptors (Lipinski definition) is 3. The summed E-state index contributed by atoms with van der Waals surface area (Å²) in [4.78, 5) is 11.4. The highest BCUT2D eigenvalue weighted by Crippen LogP contribution is 2.19. The summed E-state index contributed by atoms with van der Waals surface area (Å²) < 4.78 is 4.65. The molecule has 0 bridgehead atoms. The normalized spacial score (nSPS) is 12.2. The molecule has 0 aromatic heterocycles. The molecule has 3 nitrogen and oxygen atoms in total. The van der Waals surface area contributed by atoms with Gasteiger partial charge in [0, 0.05) is 12.5 Å². The number of methoxy groups -OCH3 is 1. The van der Waals surface area contributed by atoms with Crippen LogP contribution < -0.4 is 0 Å². The highest BCUT2D eigenvalue weighted by molar-refractivity contribution is 5.91. The van der Waals surface area contributed by atoms with E-state index in [0.717, 1.165) is 5.56 Å². The molecule has 0 amide bonds. The Hall–Kier alpha value is -1.35. The Morgan fingerprint density at radius 1 is 1.50 bits per heavy atom. The molecule has 0 aliphatic heterocycles. The van der Waals surface area contributed by atoms with Gasteiger partial charge >= 0.3 is 5.97 Å². The molecule has 0 saturated carbocycles. The zero-order valence-corrected chi connectivity index (χ0v) is 8.36. The smallest absolute Gasteiger partial charge is 0.338 e. The van der Waals surface area contributed by atoms with Crippen molar-refractivity contribution in [2.45, 2.75) is 12.8 Å². The van der Waals surface area contributed by atoms with E-state index < -0.39 is 0 Å². The highest BCUT2D eigenvalue weighted by Gasteiger charge is 2.14. The Bertz CT molecular complexity index is 320. The highest BCUT2D eigenvalue weighted by atomic mass is 16.5. The molecule has 0 heterocycles. The molecule has 1 aromatic rings. The quantitative estimate of drug-likeness (QED) is 0.743. The van der Waals surface area contributed by atoms with Gasteiger partial charge in [-0.3, -0.25) is 0 Å². The van der Waals surface area contributed by atoms with Crippen molar-refractivity contribution < 1.29 is 14.6 Å². The molecule has 14 heavy (non-hydrogen) atoms. The van der Waals surface area contributed by atoms with Gasteiger partial charge in [0.05, 0.1) is 12.7 Å². The molecule has 0 saturated heterocycles. The number of aliphatic hydroxyl groups is 1. The van der Waals surface area contributed by atoms with Crippen LogP contribution in [-0.2, 0) is 4.74 Å². The number of carbonyl (C=O) groups excluding carboxylic acids is 1. The standard InChI is InChI=1S/C11H14O3/c1-8(7-12)9-5-3-4-6-10(9)11(13)14-2/h3-6,8,12H,7H2,1-2H3/t8-/m1/s1. The second-order valence-electron chi connectivity index (χ2n) is 3.16. The van der Waals surface area contributed by atoms with Crippen molar-refractivity contribution >= 4 is 5.97 Å². The minimum atomic E-state index is -0.360. The SMILES string of the molecule is COC(=O)c1ccccc1[C@H](C)CO. The van der Waals surface area contributed by atoms with Crippen LogP contribution in [0.15, 0.2) is 24.3 Å². The monoisotopic (exact) mass is 194 g/mol. The van der Waals surface area contributed by atoms with Gasteiger partial charge in [-0.1, -0.05) is 25.1 Å². The molecule has 3 heteroatoms. The van der Waals surface area contributed by atoms with E-state index in [1.54, 1.807) is 12.1 Å². The fourth-order valence-electron chi connectivity index (χ4n) is 1.32. The number of esters is 1. The predicted octanol–water partition coefficient (Wildman–Crippen LogP) is 1.57. The molecule has 0 radical (unpaired) electrons. The van der Waals surface area contributed by atoms with E-state index in [2.05, 4.69) is 4.74 Å². The second kappa shape index (κ2) is 4.77. The van der Waals surface area contributed by atoms with Crippen molar-refractivity contribution in [2.24, 2.45) is 0 Å². The first-order valence-electron chi connectivity index (χ1n) is 4.48. The van der Waals surface area contributed by atoms with Crippen LogP contribution in [0, 0.1) is 0 Å². The van der Waals surface area contributed by atoms with Crippen molar-refractivity contribution in [3.8, 4) is 0 Å². The number of rotatable bonds is 3. The largest absolute Gasteiger partial charge is 0.465 e. The van der Waals surface area contributed by atoms with Crippen LogP contribution in [-0.4, -0.2) is 24.8 Å². The Morgan fingerprint density at radius 2 is 2.14 bits per heavy atom. The van der Waals surface area contributed by atoms with Crippen LogP contribution in [0.25, 0.3) is 0 Å². The van der Waals surface area contributed by atoms with Gasteiger partial charge in [-0.15, -0.1) is 0 Å². The summed E-state index contributed by atoms with van der Waals surface area (Å²) >= 11 is 0. The molecule has 0 fully saturated rings. The molecule has 1 rings (SSSR count). The number of benzene rings is 1. The maximum absolute atomic E-state index is 11.4. The van der Waals surface area contributed by atoms with Crippen LogP contribution >= 0.6 is 0 Å². The number of aliphatic hydroxyl groups excluding tert-OH is 1. The number of hydrogen-bond donors (Lipinski definition) is 1. The zero-order chi connectivity index (χ0) is 10.6. The van der Waals surface area contributed by atoms with E-state index in [9.17, 15) is 4.79 Å². The molecule has 1 atom stereocenters. The summed E-state index contributed by atoms with van der Waals surface area (Å²) in [5.41, 5.74) is 1.35. The molecule has 0 aliphatic carbocycles. The minimum Gasteiger partial charge on any atom is -0.465 e. The summed E-state index contributed by atoms with van der Waals surface area (Å²) in [6.45, 7) is 1.88. The van der Waals surface area contributed by atoms with Crippen LogP contribution in [0.2, 0.25) is 0 Å². The van der Waals surface area contributed by atoms with E-state index in [1.165, 1.54) is 7.11 Å². The predicted molar refractivity (Wildman–Crippen MR) is 53.3 cm³/mol. The van der Waals surface area contributed by atoms with Crippen molar-refractivity contribution in [1.82, 2.24) is 0 Å². The third-order valence-electron chi connectivity index (χ3n) is 2.17. The van der Waals surface area contributed by atoms with Gasteiger partial charge in [-0.2, -0.15) is 0 Å². The summed E-state index contributed by atoms with van der Waals surface area (Å²) in [6.07, 6.45) is 0. The topological polar surface area (TPSA) is 46.5 Å². The molecular formula is C11H14O3. The molecule has 76 valence electrons. The Kier molecular flexibility index (Phi) is 3.65. The summed E-state index contributed by atoms with van der Waals surface area (Å²) in [7, 11) is 1.35. The van der Waals surface area contributed by atoms with Crippen LogP contribution in [0.5, 0.6) is 0 Å². The number of carbonyl (C=O) groups is 1. The lowest BCUT2D eigenvalue weighted by atomic mass is 9.96. The van der Waals surface area contributed by atoms with Gasteiger partial charge < -0.3 is 9.84 Å². The molecule has 0 spiro atoms. The van der Waals surface area contributed by atoms with E-state index >= 15 is 0 Å². The van der Waals surface area contributed by atoms with E-state index in [0.29, 0.717) is 5.56 Å². The third kappa shape index (κ3) is 2.12. The maximum atomic E-state index is 11.4. The average molecular weight is 194 g/mol. The molecule has 1 N–H and O–H groups in total. The zero-order valence-electron chi connectivity index (χ0n) is 8.36. The first-order valence-corrected chi connectivity index (χ1v) is 4.48. The van der Waals surface area contributed by atoms with Gasteiger partial charge in [0.2, 0.25) is 0 Å². The average Bonchev–Trinajstić information content (AvgIpc) is 2.27. The fraction of sp³-hybridized carbons (Fsp3) is 0.364. The van der Waals surface area contributed by atoms with Crippen molar-refractivity contribution in [1.29, 1.82) is 0 Å². The fourth-order valence-corrected chi connectivity index (χ4v) is 1.32. The van der Waals surface area contributed by atoms with Crippen molar-refractivity contribution in [3.05, 3.63) is 35.4 Å². The summed E-state index contributed by atoms with van der Waals surface area (Å²) in [5.74, 6) is -0.411. The minimum absolute atomic E-state index is 0.0218. The number of ether oxygens (including phenoxy) is 1. The van der Waals surface area contributed by atoms with Crippen LogP contribution in [0.3, 0.4) is 0 Å². The lowest BCUT2D eigenvalue weighted by Crippen LogP contribution is -2.09. The van der Waals surface area contributed by atoms with E-state index in [-0.39, 0.29) is 18.5 Å². The van der Waals surface area contributed by atoms with E-state index in [4.69, 9.17) is 5.11 Å². The Morgan fingerprint density at radius 3 is 2.71 bits per heavy atom. The summed E-state index contributed by atoms with van der Waals surface area (Å²) in [6, 6.07) is 7.15. The lowest BCUT2D eigenvalue weighted by Gasteiger charge is -2.12. The van der Waals surface area contributed by atoms with Gasteiger partial charge in [0.25, 0.3) is 0 Å². The molecule has 1 aromatic carbocycles. The molecule has 0 aliphatic rings. The van der Waals surface area contributed by atoms with Gasteiger partial charge in [0.15, 0.2) is 0 Å². The van der Waals surface area contributed by atoms with Crippen LogP contribution in [0.4, 0.5) is 0 Å². The van der Waals surface area contributed by atoms with Crippen molar-refractivity contribution in [3.63, 3.8) is 0 Å². The lowest BCUT2D eigenvalue weighted by molar-refractivity contribution is 0.0598. The Labute approximate surface area is 83.3 Å². The first-order chi connectivity index (χ1) is 6.70. The van der Waals surface area contributed by atoms with Gasteiger partial charge in [-0.05, 0) is 11.6 Å².